The van der Waals surface area contributed by atoms with E-state index >= 15 is 0 Å². The van der Waals surface area contributed by atoms with Gasteiger partial charge in [-0.2, -0.15) is 0 Å². The number of sulfonamides is 1. The predicted octanol–water partition coefficient (Wildman–Crippen LogP) is 2.34. The molecule has 0 saturated heterocycles. The molecule has 0 aliphatic carbocycles. The van der Waals surface area contributed by atoms with Crippen molar-refractivity contribution in [3.63, 3.8) is 0 Å². The first-order valence-corrected chi connectivity index (χ1v) is 9.01. The largest absolute Gasteiger partial charge is 0.481 e. The molecule has 0 unspecified atom stereocenters. The summed E-state index contributed by atoms with van der Waals surface area (Å²) in [5, 5.41) is 11.2. The highest BCUT2D eigenvalue weighted by molar-refractivity contribution is 7.92. The molecule has 3 N–H and O–H groups in total. The fourth-order valence-electron chi connectivity index (χ4n) is 1.88. The van der Waals surface area contributed by atoms with Gasteiger partial charge < -0.3 is 10.4 Å². The Hall–Kier alpha value is -2.09. The number of amides is 1. The second-order valence-electron chi connectivity index (χ2n) is 5.18. The van der Waals surface area contributed by atoms with Crippen molar-refractivity contribution in [3.8, 4) is 0 Å². The maximum Gasteiger partial charge on any atom is 0.303 e. The van der Waals surface area contributed by atoms with Crippen LogP contribution in [-0.4, -0.2) is 31.2 Å². The SMILES string of the molecule is CCS(=O)(=O)Nc1ccc(NC(=O)CCCCC(=O)O)cc1C. The van der Waals surface area contributed by atoms with Crippen molar-refractivity contribution in [2.75, 3.05) is 15.8 Å². The molecule has 7 nitrogen and oxygen atoms in total. The third-order valence-corrected chi connectivity index (χ3v) is 4.49. The molecule has 1 aromatic carbocycles. The minimum absolute atomic E-state index is 0.0126. The van der Waals surface area contributed by atoms with Crippen LogP contribution in [0.25, 0.3) is 0 Å². The van der Waals surface area contributed by atoms with Crippen LogP contribution in [0.5, 0.6) is 0 Å². The van der Waals surface area contributed by atoms with Gasteiger partial charge in [0.2, 0.25) is 15.9 Å². The van der Waals surface area contributed by atoms with Crippen LogP contribution in [0.15, 0.2) is 18.2 Å². The van der Waals surface area contributed by atoms with Crippen molar-refractivity contribution in [2.45, 2.75) is 39.5 Å². The quantitative estimate of drug-likeness (QED) is 0.596. The molecule has 0 aliphatic rings. The zero-order valence-electron chi connectivity index (χ0n) is 13.3. The Labute approximate surface area is 136 Å². The van der Waals surface area contributed by atoms with Crippen LogP contribution in [0, 0.1) is 6.92 Å². The summed E-state index contributed by atoms with van der Waals surface area (Å²) in [6.45, 7) is 3.30. The van der Waals surface area contributed by atoms with E-state index in [1.54, 1.807) is 32.0 Å². The molecule has 1 rings (SSSR count). The number of benzene rings is 1. The van der Waals surface area contributed by atoms with Gasteiger partial charge >= 0.3 is 5.97 Å². The third-order valence-electron chi connectivity index (χ3n) is 3.20. The summed E-state index contributed by atoms with van der Waals surface area (Å²) < 4.78 is 25.6. The summed E-state index contributed by atoms with van der Waals surface area (Å²) in [6, 6.07) is 4.90. The molecule has 23 heavy (non-hydrogen) atoms. The van der Waals surface area contributed by atoms with E-state index in [0.717, 1.165) is 0 Å². The number of aryl methyl sites for hydroxylation is 1. The molecule has 0 aliphatic heterocycles. The van der Waals surface area contributed by atoms with Crippen LogP contribution in [0.4, 0.5) is 11.4 Å². The number of aliphatic carboxylic acids is 1. The van der Waals surface area contributed by atoms with Gasteiger partial charge in [-0.15, -0.1) is 0 Å². The smallest absolute Gasteiger partial charge is 0.303 e. The second kappa shape index (κ2) is 8.52. The highest BCUT2D eigenvalue weighted by atomic mass is 32.2. The van der Waals surface area contributed by atoms with E-state index in [4.69, 9.17) is 5.11 Å². The first-order valence-electron chi connectivity index (χ1n) is 7.36. The van der Waals surface area contributed by atoms with Gasteiger partial charge in [-0.3, -0.25) is 14.3 Å². The number of carbonyl (C=O) groups is 2. The minimum Gasteiger partial charge on any atom is -0.481 e. The summed E-state index contributed by atoms with van der Waals surface area (Å²) in [5.41, 5.74) is 1.75. The van der Waals surface area contributed by atoms with Crippen LogP contribution < -0.4 is 10.0 Å². The first-order chi connectivity index (χ1) is 10.7. The van der Waals surface area contributed by atoms with Crippen molar-refractivity contribution >= 4 is 33.3 Å². The summed E-state index contributed by atoms with van der Waals surface area (Å²) in [4.78, 5) is 22.1. The average molecular weight is 342 g/mol. The van der Waals surface area contributed by atoms with E-state index in [0.29, 0.717) is 29.8 Å². The lowest BCUT2D eigenvalue weighted by Gasteiger charge is -2.11. The Morgan fingerprint density at radius 2 is 1.83 bits per heavy atom. The number of hydrogen-bond acceptors (Lipinski definition) is 4. The Kier molecular flexibility index (Phi) is 7.02. The van der Waals surface area contributed by atoms with E-state index in [1.807, 2.05) is 0 Å². The van der Waals surface area contributed by atoms with E-state index in [1.165, 1.54) is 0 Å². The lowest BCUT2D eigenvalue weighted by Crippen LogP contribution is -2.16. The Balaban J connectivity index is 2.57. The zero-order valence-corrected chi connectivity index (χ0v) is 14.1. The number of unbranched alkanes of at least 4 members (excludes halogenated alkanes) is 1. The number of carbonyl (C=O) groups excluding carboxylic acids is 1. The molecule has 0 aromatic heterocycles. The maximum atomic E-state index is 11.8. The van der Waals surface area contributed by atoms with Crippen molar-refractivity contribution < 1.29 is 23.1 Å². The van der Waals surface area contributed by atoms with Gasteiger partial charge in [0.05, 0.1) is 11.4 Å². The summed E-state index contributed by atoms with van der Waals surface area (Å²) in [7, 11) is -3.34. The Morgan fingerprint density at radius 1 is 1.17 bits per heavy atom. The standard InChI is InChI=1S/C15H22N2O5S/c1-3-23(21,22)17-13-9-8-12(10-11(13)2)16-14(18)6-4-5-7-15(19)20/h8-10,17H,3-7H2,1-2H3,(H,16,18)(H,19,20). The molecular formula is C15H22N2O5S. The Bertz CT molecular complexity index is 670. The molecule has 0 atom stereocenters. The molecule has 0 heterocycles. The van der Waals surface area contributed by atoms with Crippen molar-refractivity contribution in [3.05, 3.63) is 23.8 Å². The average Bonchev–Trinajstić information content (AvgIpc) is 2.46. The number of rotatable bonds is 9. The molecule has 128 valence electrons. The number of anilines is 2. The Morgan fingerprint density at radius 3 is 2.39 bits per heavy atom. The maximum absolute atomic E-state index is 11.8. The highest BCUT2D eigenvalue weighted by Crippen LogP contribution is 2.21. The van der Waals surface area contributed by atoms with E-state index in [9.17, 15) is 18.0 Å². The number of carboxylic acid groups (broad SMARTS) is 1. The van der Waals surface area contributed by atoms with Gasteiger partial charge in [-0.1, -0.05) is 0 Å². The second-order valence-corrected chi connectivity index (χ2v) is 7.20. The molecule has 8 heteroatoms. The number of hydrogen-bond donors (Lipinski definition) is 3. The van der Waals surface area contributed by atoms with Crippen molar-refractivity contribution in [2.24, 2.45) is 0 Å². The normalized spacial score (nSPS) is 11.0. The fraction of sp³-hybridized carbons (Fsp3) is 0.467. The topological polar surface area (TPSA) is 113 Å². The monoisotopic (exact) mass is 342 g/mol. The summed E-state index contributed by atoms with van der Waals surface area (Å²) >= 11 is 0. The molecule has 0 bridgehead atoms. The van der Waals surface area contributed by atoms with Crippen LogP contribution in [0.1, 0.15) is 38.2 Å². The molecule has 1 aromatic rings. The van der Waals surface area contributed by atoms with Crippen LogP contribution in [0.2, 0.25) is 0 Å². The van der Waals surface area contributed by atoms with Crippen LogP contribution >= 0.6 is 0 Å². The zero-order chi connectivity index (χ0) is 17.5. The van der Waals surface area contributed by atoms with Gasteiger partial charge in [-0.05, 0) is 50.5 Å². The molecule has 0 spiro atoms. The third kappa shape index (κ3) is 7.14. The highest BCUT2D eigenvalue weighted by Gasteiger charge is 2.10. The molecule has 0 fully saturated rings. The van der Waals surface area contributed by atoms with Crippen LogP contribution in [0.3, 0.4) is 0 Å². The van der Waals surface area contributed by atoms with Crippen LogP contribution in [-0.2, 0) is 19.6 Å². The molecule has 1 amide bonds. The van der Waals surface area contributed by atoms with Crippen molar-refractivity contribution in [1.29, 1.82) is 0 Å². The van der Waals surface area contributed by atoms with E-state index in [2.05, 4.69) is 10.0 Å². The lowest BCUT2D eigenvalue weighted by molar-refractivity contribution is -0.137. The van der Waals surface area contributed by atoms with Gasteiger partial charge in [0, 0.05) is 18.5 Å². The number of carboxylic acids is 1. The van der Waals surface area contributed by atoms with Gasteiger partial charge in [-0.25, -0.2) is 8.42 Å². The molecule has 0 radical (unpaired) electrons. The van der Waals surface area contributed by atoms with E-state index < -0.39 is 16.0 Å². The van der Waals surface area contributed by atoms with Crippen molar-refractivity contribution in [1.82, 2.24) is 0 Å². The number of nitrogens with one attached hydrogen (secondary N) is 2. The van der Waals surface area contributed by atoms with E-state index in [-0.39, 0.29) is 24.5 Å². The predicted molar refractivity (Wildman–Crippen MR) is 89.0 cm³/mol. The van der Waals surface area contributed by atoms with Gasteiger partial charge in [0.15, 0.2) is 0 Å². The lowest BCUT2D eigenvalue weighted by atomic mass is 10.1. The first kappa shape index (κ1) is 19.0. The fourth-order valence-corrected chi connectivity index (χ4v) is 2.59. The van der Waals surface area contributed by atoms with Gasteiger partial charge in [0.1, 0.15) is 0 Å². The summed E-state index contributed by atoms with van der Waals surface area (Å²) in [5.74, 6) is -1.08. The van der Waals surface area contributed by atoms with Gasteiger partial charge in [0.25, 0.3) is 0 Å². The minimum atomic E-state index is -3.34. The molecule has 0 saturated carbocycles. The molecular weight excluding hydrogens is 320 g/mol. The summed E-state index contributed by atoms with van der Waals surface area (Å²) in [6.07, 6.45) is 1.26.